The molecule has 94 valence electrons. The number of aliphatic hydroxyl groups excluding tert-OH is 1. The van der Waals surface area contributed by atoms with Crippen LogP contribution in [0.2, 0.25) is 0 Å². The molecule has 0 radical (unpaired) electrons. The van der Waals surface area contributed by atoms with E-state index in [1.807, 2.05) is 0 Å². The van der Waals surface area contributed by atoms with E-state index in [0.29, 0.717) is 12.2 Å². The molecule has 1 rings (SSSR count). The summed E-state index contributed by atoms with van der Waals surface area (Å²) in [5.74, 6) is 0.327. The first kappa shape index (κ1) is 14.0. The molecule has 1 N–H and O–H groups in total. The standard InChI is InChI=1S/C12H17O4P/c1-11(10-13)6-5-9-17(14,15)16-12-7-3-2-4-8-12/h2-4,6-8,13H,5,9-10H2,1H3,(H,14,15)/p-1/b11-6+. The second kappa shape index (κ2) is 6.60. The van der Waals surface area contributed by atoms with Crippen LogP contribution in [0, 0.1) is 0 Å². The first-order valence-corrected chi connectivity index (χ1v) is 7.07. The molecule has 0 aliphatic rings. The monoisotopic (exact) mass is 255 g/mol. The molecule has 0 saturated carbocycles. The summed E-state index contributed by atoms with van der Waals surface area (Å²) in [6.07, 6.45) is 1.97. The van der Waals surface area contributed by atoms with Crippen molar-refractivity contribution >= 4 is 7.60 Å². The molecule has 1 aromatic rings. The molecule has 0 aliphatic carbocycles. The number of para-hydroxylation sites is 1. The maximum atomic E-state index is 11.6. The highest BCUT2D eigenvalue weighted by Gasteiger charge is 2.08. The smallest absolute Gasteiger partial charge is 0.185 e. The van der Waals surface area contributed by atoms with Gasteiger partial charge in [0.1, 0.15) is 5.75 Å². The summed E-state index contributed by atoms with van der Waals surface area (Å²) in [5, 5.41) is 8.75. The number of rotatable bonds is 6. The SMILES string of the molecule is C/C(=C\CCP(=O)([O-])Oc1ccccc1)CO. The van der Waals surface area contributed by atoms with Crippen LogP contribution in [0.3, 0.4) is 0 Å². The minimum Gasteiger partial charge on any atom is -0.769 e. The third-order valence-electron chi connectivity index (χ3n) is 2.13. The van der Waals surface area contributed by atoms with Gasteiger partial charge in [-0.05, 0) is 25.5 Å². The van der Waals surface area contributed by atoms with Crippen molar-refractivity contribution in [1.82, 2.24) is 0 Å². The molecule has 17 heavy (non-hydrogen) atoms. The fourth-order valence-electron chi connectivity index (χ4n) is 1.22. The second-order valence-electron chi connectivity index (χ2n) is 3.74. The molecular weight excluding hydrogens is 239 g/mol. The predicted molar refractivity (Wildman–Crippen MR) is 65.0 cm³/mol. The van der Waals surface area contributed by atoms with Crippen LogP contribution in [0.1, 0.15) is 13.3 Å². The molecule has 1 aromatic carbocycles. The summed E-state index contributed by atoms with van der Waals surface area (Å²) in [6, 6.07) is 8.41. The minimum atomic E-state index is -3.86. The first-order valence-electron chi connectivity index (χ1n) is 5.35. The number of benzene rings is 1. The zero-order valence-electron chi connectivity index (χ0n) is 9.70. The Morgan fingerprint density at radius 1 is 1.47 bits per heavy atom. The first-order chi connectivity index (χ1) is 8.03. The molecule has 1 atom stereocenters. The Kier molecular flexibility index (Phi) is 5.42. The quantitative estimate of drug-likeness (QED) is 0.623. The lowest BCUT2D eigenvalue weighted by molar-refractivity contribution is -0.190. The van der Waals surface area contributed by atoms with Crippen molar-refractivity contribution in [2.45, 2.75) is 13.3 Å². The second-order valence-corrected chi connectivity index (χ2v) is 5.59. The maximum Gasteiger partial charge on any atom is 0.185 e. The third kappa shape index (κ3) is 5.68. The van der Waals surface area contributed by atoms with Crippen molar-refractivity contribution in [2.24, 2.45) is 0 Å². The van der Waals surface area contributed by atoms with Gasteiger partial charge in [0, 0.05) is 6.16 Å². The highest BCUT2D eigenvalue weighted by Crippen LogP contribution is 2.38. The average molecular weight is 255 g/mol. The summed E-state index contributed by atoms with van der Waals surface area (Å²) in [5.41, 5.74) is 0.754. The minimum absolute atomic E-state index is 0.0529. The summed E-state index contributed by atoms with van der Waals surface area (Å²) >= 11 is 0. The molecule has 0 spiro atoms. The molecule has 0 aliphatic heterocycles. The van der Waals surface area contributed by atoms with Gasteiger partial charge in [-0.2, -0.15) is 0 Å². The van der Waals surface area contributed by atoms with Gasteiger partial charge in [-0.25, -0.2) is 0 Å². The van der Waals surface area contributed by atoms with Crippen LogP contribution in [0.15, 0.2) is 42.0 Å². The van der Waals surface area contributed by atoms with E-state index in [4.69, 9.17) is 9.63 Å². The summed E-state index contributed by atoms with van der Waals surface area (Å²) in [6.45, 7) is 1.69. The zero-order chi connectivity index (χ0) is 12.7. The van der Waals surface area contributed by atoms with Crippen LogP contribution >= 0.6 is 7.60 Å². The van der Waals surface area contributed by atoms with E-state index in [2.05, 4.69) is 0 Å². The van der Waals surface area contributed by atoms with Gasteiger partial charge >= 0.3 is 0 Å². The van der Waals surface area contributed by atoms with Gasteiger partial charge in [0.2, 0.25) is 0 Å². The van der Waals surface area contributed by atoms with Crippen LogP contribution in [-0.4, -0.2) is 17.9 Å². The highest BCUT2D eigenvalue weighted by atomic mass is 31.2. The third-order valence-corrected chi connectivity index (χ3v) is 3.43. The molecule has 4 nitrogen and oxygen atoms in total. The van der Waals surface area contributed by atoms with Crippen molar-refractivity contribution in [3.05, 3.63) is 42.0 Å². The molecule has 5 heteroatoms. The lowest BCUT2D eigenvalue weighted by Gasteiger charge is -2.23. The van der Waals surface area contributed by atoms with Crippen molar-refractivity contribution in [1.29, 1.82) is 0 Å². The van der Waals surface area contributed by atoms with E-state index < -0.39 is 7.60 Å². The molecule has 0 amide bonds. The Hall–Kier alpha value is -1.09. The molecule has 0 aromatic heterocycles. The van der Waals surface area contributed by atoms with E-state index in [1.54, 1.807) is 43.3 Å². The van der Waals surface area contributed by atoms with E-state index in [-0.39, 0.29) is 12.8 Å². The Morgan fingerprint density at radius 2 is 2.12 bits per heavy atom. The number of hydrogen-bond donors (Lipinski definition) is 1. The van der Waals surface area contributed by atoms with Crippen LogP contribution in [0.5, 0.6) is 5.75 Å². The van der Waals surface area contributed by atoms with Gasteiger partial charge in [0.15, 0.2) is 7.60 Å². The van der Waals surface area contributed by atoms with Gasteiger partial charge < -0.3 is 14.5 Å². The summed E-state index contributed by atoms with van der Waals surface area (Å²) in [7, 11) is -3.86. The summed E-state index contributed by atoms with van der Waals surface area (Å²) < 4.78 is 16.5. The van der Waals surface area contributed by atoms with Crippen molar-refractivity contribution in [3.63, 3.8) is 0 Å². The summed E-state index contributed by atoms with van der Waals surface area (Å²) in [4.78, 5) is 11.6. The van der Waals surface area contributed by atoms with E-state index in [1.165, 1.54) is 0 Å². The zero-order valence-corrected chi connectivity index (χ0v) is 10.6. The number of aliphatic hydroxyl groups is 1. The molecule has 0 saturated heterocycles. The number of allylic oxidation sites excluding steroid dienone is 1. The lowest BCUT2D eigenvalue weighted by atomic mass is 10.3. The molecule has 0 bridgehead atoms. The molecule has 0 fully saturated rings. The van der Waals surface area contributed by atoms with Crippen molar-refractivity contribution < 1.29 is 19.1 Å². The van der Waals surface area contributed by atoms with Crippen LogP contribution in [-0.2, 0) is 4.57 Å². The van der Waals surface area contributed by atoms with E-state index >= 15 is 0 Å². The van der Waals surface area contributed by atoms with Gasteiger partial charge in [-0.3, -0.25) is 4.57 Å². The van der Waals surface area contributed by atoms with E-state index in [9.17, 15) is 9.46 Å². The Balaban J connectivity index is 2.50. The Morgan fingerprint density at radius 3 is 2.71 bits per heavy atom. The molecule has 0 heterocycles. The normalized spacial score (nSPS) is 15.4. The molecule has 1 unspecified atom stereocenters. The van der Waals surface area contributed by atoms with Crippen LogP contribution in [0.4, 0.5) is 0 Å². The average Bonchev–Trinajstić information content (AvgIpc) is 2.29. The van der Waals surface area contributed by atoms with Crippen LogP contribution < -0.4 is 9.42 Å². The van der Waals surface area contributed by atoms with E-state index in [0.717, 1.165) is 5.57 Å². The highest BCUT2D eigenvalue weighted by molar-refractivity contribution is 7.51. The van der Waals surface area contributed by atoms with Crippen LogP contribution in [0.25, 0.3) is 0 Å². The van der Waals surface area contributed by atoms with Gasteiger partial charge in [0.25, 0.3) is 0 Å². The fraction of sp³-hybridized carbons (Fsp3) is 0.333. The van der Waals surface area contributed by atoms with Gasteiger partial charge in [-0.15, -0.1) is 0 Å². The topological polar surface area (TPSA) is 69.6 Å². The van der Waals surface area contributed by atoms with Crippen molar-refractivity contribution in [2.75, 3.05) is 12.8 Å². The largest absolute Gasteiger partial charge is 0.769 e. The Bertz CT molecular complexity index is 414. The Labute approximate surface area is 101 Å². The van der Waals surface area contributed by atoms with Crippen molar-refractivity contribution in [3.8, 4) is 5.75 Å². The lowest BCUT2D eigenvalue weighted by Crippen LogP contribution is -2.10. The van der Waals surface area contributed by atoms with Gasteiger partial charge in [-0.1, -0.05) is 29.8 Å². The maximum absolute atomic E-state index is 11.6. The van der Waals surface area contributed by atoms with Gasteiger partial charge in [0.05, 0.1) is 6.61 Å². The number of hydrogen-bond acceptors (Lipinski definition) is 4. The predicted octanol–water partition coefficient (Wildman–Crippen LogP) is 1.95. The fourth-order valence-corrected chi connectivity index (χ4v) is 2.20. The molecular formula is C12H16O4P-.